The lowest BCUT2D eigenvalue weighted by Crippen LogP contribution is -2.41. The maximum absolute atomic E-state index is 12.8. The van der Waals surface area contributed by atoms with Crippen molar-refractivity contribution in [3.63, 3.8) is 0 Å². The van der Waals surface area contributed by atoms with Gasteiger partial charge in [-0.3, -0.25) is 24.0 Å². The number of hydrogen-bond acceptors (Lipinski definition) is 12. The molecule has 0 aromatic rings. The number of nitrogens with zero attached hydrogens (tertiary/aromatic N) is 1. The zero-order valence-electron chi connectivity index (χ0n) is 32.3. The van der Waals surface area contributed by atoms with E-state index in [9.17, 15) is 28.8 Å². The van der Waals surface area contributed by atoms with Crippen LogP contribution in [0.2, 0.25) is 0 Å². The molecule has 0 aromatic carbocycles. The molecule has 0 aliphatic carbocycles. The Morgan fingerprint density at radius 2 is 1.34 bits per heavy atom. The van der Waals surface area contributed by atoms with Gasteiger partial charge in [0.1, 0.15) is 19.8 Å². The van der Waals surface area contributed by atoms with E-state index >= 15 is 0 Å². The molecule has 15 heteroatoms. The monoisotopic (exact) mass is 883 g/mol. The highest BCUT2D eigenvalue weighted by atomic mass is 127. The molecule has 53 heavy (non-hydrogen) atoms. The minimum atomic E-state index is -1.01. The van der Waals surface area contributed by atoms with Gasteiger partial charge in [-0.2, -0.15) is 2.55 Å². The predicted octanol–water partition coefficient (Wildman–Crippen LogP) is 7.20. The second-order valence-corrected chi connectivity index (χ2v) is 15.8. The van der Waals surface area contributed by atoms with Gasteiger partial charge in [0.2, 0.25) is 11.8 Å². The number of unbranched alkanes of at least 4 members (excludes halogenated alkanes) is 12. The average molecular weight is 884 g/mol. The highest BCUT2D eigenvalue weighted by Gasteiger charge is 2.21. The van der Waals surface area contributed by atoms with Gasteiger partial charge in [-0.15, -0.1) is 0 Å². The van der Waals surface area contributed by atoms with Crippen LogP contribution in [0.3, 0.4) is 0 Å². The van der Waals surface area contributed by atoms with Gasteiger partial charge >= 0.3 is 17.9 Å². The first-order chi connectivity index (χ1) is 25.7. The Bertz CT molecular complexity index is 1090. The van der Waals surface area contributed by atoms with Crippen molar-refractivity contribution < 1.29 is 47.7 Å². The minimum Gasteiger partial charge on any atom is -0.462 e. The van der Waals surface area contributed by atoms with Crippen molar-refractivity contribution in [2.24, 2.45) is 2.55 Å². The van der Waals surface area contributed by atoms with Crippen molar-refractivity contribution in [3.8, 4) is 0 Å². The fourth-order valence-corrected chi connectivity index (χ4v) is 6.50. The summed E-state index contributed by atoms with van der Waals surface area (Å²) in [6, 6.07) is -0.589. The lowest BCUT2D eigenvalue weighted by molar-refractivity contribution is -0.169. The van der Waals surface area contributed by atoms with Gasteiger partial charge in [0.15, 0.2) is 11.9 Å². The zero-order valence-corrected chi connectivity index (χ0v) is 35.4. The highest BCUT2D eigenvalue weighted by Crippen LogP contribution is 2.12. The van der Waals surface area contributed by atoms with Crippen molar-refractivity contribution >= 4 is 69.4 Å². The molecule has 0 saturated heterocycles. The number of carbonyl (C=O) groups excluding carboxylic acids is 6. The molecule has 0 spiro atoms. The van der Waals surface area contributed by atoms with E-state index in [1.54, 1.807) is 6.92 Å². The number of rotatable bonds is 35. The number of amides is 2. The lowest BCUT2D eigenvalue weighted by atomic mass is 10.0. The second-order valence-electron chi connectivity index (χ2n) is 12.9. The fourth-order valence-electron chi connectivity index (χ4n) is 5.12. The number of ether oxygens (including phenoxy) is 4. The number of alkyl halides is 1. The van der Waals surface area contributed by atoms with Gasteiger partial charge in [0.05, 0.1) is 16.9 Å². The number of nitrogens with one attached hydrogen (secondary N) is 2. The van der Waals surface area contributed by atoms with Crippen molar-refractivity contribution in [2.45, 2.75) is 154 Å². The smallest absolute Gasteiger partial charge is 0.332 e. The molecule has 0 heterocycles. The Morgan fingerprint density at radius 3 is 1.96 bits per heavy atom. The van der Waals surface area contributed by atoms with E-state index in [0.29, 0.717) is 36.7 Å². The summed E-state index contributed by atoms with van der Waals surface area (Å²) in [7, 11) is 1.32. The average Bonchev–Trinajstić information content (AvgIpc) is 3.14. The minimum absolute atomic E-state index is 0.0460. The SMILES string of the molecule is CCCCCCCC/C=C/CCCCCCCC(=O)NC(CCCCNC(=O)CCC(=O)OCC(COC(=O)CC)OC(=O)COC)C(=O)CI=NS. The van der Waals surface area contributed by atoms with Gasteiger partial charge in [-0.1, -0.05) is 77.4 Å². The van der Waals surface area contributed by atoms with Crippen LogP contribution in [-0.2, 0) is 47.7 Å². The molecule has 0 rings (SSSR count). The summed E-state index contributed by atoms with van der Waals surface area (Å²) in [4.78, 5) is 73.1. The van der Waals surface area contributed by atoms with Gasteiger partial charge in [0, 0.05) is 54.0 Å². The molecule has 0 bridgehead atoms. The number of esters is 3. The quantitative estimate of drug-likeness (QED) is 0.0112. The van der Waals surface area contributed by atoms with Crippen LogP contribution >= 0.6 is 33.8 Å². The molecular weight excluding hydrogens is 817 g/mol. The fraction of sp³-hybridized carbons (Fsp3) is 0.789. The molecule has 0 aromatic heterocycles. The van der Waals surface area contributed by atoms with Crippen molar-refractivity contribution in [2.75, 3.05) is 37.9 Å². The number of hydrogen-bond donors (Lipinski definition) is 3. The highest BCUT2D eigenvalue weighted by molar-refractivity contribution is 14.2. The number of ketones is 1. The van der Waals surface area contributed by atoms with Crippen LogP contribution in [0.4, 0.5) is 0 Å². The first-order valence-electron chi connectivity index (χ1n) is 19.3. The zero-order chi connectivity index (χ0) is 39.4. The van der Waals surface area contributed by atoms with Crippen molar-refractivity contribution in [1.29, 1.82) is 0 Å². The molecule has 2 amide bonds. The van der Waals surface area contributed by atoms with E-state index < -0.39 is 51.1 Å². The summed E-state index contributed by atoms with van der Waals surface area (Å²) in [5.74, 6) is -2.39. The molecule has 0 saturated carbocycles. The topological polar surface area (TPSA) is 176 Å². The summed E-state index contributed by atoms with van der Waals surface area (Å²) < 4.78 is 24.0. The number of Topliss-reactive ketones (excluding diaryl/α,β-unsaturated/α-hetero) is 1. The number of carbonyl (C=O) groups is 6. The third-order valence-electron chi connectivity index (χ3n) is 8.14. The molecule has 2 atom stereocenters. The van der Waals surface area contributed by atoms with E-state index in [4.69, 9.17) is 18.9 Å². The third kappa shape index (κ3) is 32.7. The van der Waals surface area contributed by atoms with Gasteiger partial charge < -0.3 is 29.6 Å². The number of methoxy groups -OCH3 is 1. The Kier molecular flexibility index (Phi) is 34.9. The number of thiol groups is 1. The molecule has 0 aliphatic rings. The predicted molar refractivity (Wildman–Crippen MR) is 217 cm³/mol. The molecule has 2 unspecified atom stereocenters. The Balaban J connectivity index is 4.32. The second kappa shape index (κ2) is 36.6. The number of halogens is 1. The summed E-state index contributed by atoms with van der Waals surface area (Å²) in [5.41, 5.74) is 0. The van der Waals surface area contributed by atoms with Gasteiger partial charge in [-0.05, 0) is 64.2 Å². The summed E-state index contributed by atoms with van der Waals surface area (Å²) >= 11 is 3.16. The van der Waals surface area contributed by atoms with Crippen LogP contribution in [0.25, 0.3) is 0 Å². The normalized spacial score (nSPS) is 12.5. The van der Waals surface area contributed by atoms with Crippen LogP contribution in [0.15, 0.2) is 14.7 Å². The summed E-state index contributed by atoms with van der Waals surface area (Å²) in [6.07, 6.45) is 20.9. The van der Waals surface area contributed by atoms with Crippen LogP contribution in [-0.4, -0.2) is 85.6 Å². The summed E-state index contributed by atoms with van der Waals surface area (Å²) in [6.45, 7) is 3.26. The van der Waals surface area contributed by atoms with E-state index in [-0.39, 0.29) is 56.7 Å². The van der Waals surface area contributed by atoms with E-state index in [1.807, 2.05) is 0 Å². The van der Waals surface area contributed by atoms with Gasteiger partial charge in [-0.25, -0.2) is 4.79 Å². The van der Waals surface area contributed by atoms with Crippen molar-refractivity contribution in [1.82, 2.24) is 10.6 Å². The van der Waals surface area contributed by atoms with Crippen molar-refractivity contribution in [3.05, 3.63) is 12.2 Å². The van der Waals surface area contributed by atoms with Crippen LogP contribution in [0, 0.1) is 0 Å². The molecule has 13 nitrogen and oxygen atoms in total. The molecule has 0 aliphatic heterocycles. The lowest BCUT2D eigenvalue weighted by Gasteiger charge is -2.18. The third-order valence-corrected chi connectivity index (χ3v) is 10.3. The van der Waals surface area contributed by atoms with Crippen LogP contribution in [0.5, 0.6) is 0 Å². The molecule has 2 N–H and O–H groups in total. The standard InChI is InChI=1S/C38H66IN3O10S/c1-4-6-7-8-9-10-11-12-13-14-15-16-17-18-19-23-35(45)41-32(33(43)27-39-42-53)22-20-21-26-40-34(44)24-25-37(47)51-29-31(28-50-36(46)5-2)52-38(48)30-49-3/h12-13,31-32,53H,4-11,14-30H2,1-3H3,(H,40,44)(H,41,45)/b13-12+. The first-order valence-corrected chi connectivity index (χ1v) is 22.2. The molecule has 306 valence electrons. The Labute approximate surface area is 333 Å². The van der Waals surface area contributed by atoms with Gasteiger partial charge in [0.25, 0.3) is 0 Å². The van der Waals surface area contributed by atoms with E-state index in [1.165, 1.54) is 58.5 Å². The molecular formula is C38H66IN3O10S. The molecule has 0 fully saturated rings. The largest absolute Gasteiger partial charge is 0.462 e. The molecule has 0 radical (unpaired) electrons. The summed E-state index contributed by atoms with van der Waals surface area (Å²) in [5, 5.41) is 5.67. The van der Waals surface area contributed by atoms with Crippen LogP contribution < -0.4 is 10.6 Å². The number of allylic oxidation sites excluding steroid dienone is 2. The van der Waals surface area contributed by atoms with E-state index in [0.717, 1.165) is 32.1 Å². The Hall–Kier alpha value is -2.40. The van der Waals surface area contributed by atoms with Crippen LogP contribution in [0.1, 0.15) is 142 Å². The maximum atomic E-state index is 12.8. The Morgan fingerprint density at radius 1 is 0.717 bits per heavy atom. The van der Waals surface area contributed by atoms with E-state index in [2.05, 4.69) is 45.1 Å². The maximum Gasteiger partial charge on any atom is 0.332 e. The first kappa shape index (κ1) is 50.6.